The molecule has 1 aliphatic heterocycles. The standard InChI is InChI=1S/C25H23F3N6O/c1-25(28)9-11-33(12-10-25)24(35)17-13-30-23(31-22(17)29)20-16-6-4-8-19(27)21(16)34(32-20)14-15-5-2-3-7-18(15)26/h2-8,13H,9-12,14H2,1H3,(H2,29,30,31). The number of halogens is 3. The number of nitrogens with two attached hydrogens (primary N) is 1. The van der Waals surface area contributed by atoms with Crippen LogP contribution in [0, 0.1) is 11.6 Å². The zero-order valence-electron chi connectivity index (χ0n) is 19.0. The number of amides is 1. The Kier molecular flexibility index (Phi) is 5.66. The van der Waals surface area contributed by atoms with Gasteiger partial charge in [-0.05, 0) is 31.9 Å². The highest BCUT2D eigenvalue weighted by Gasteiger charge is 2.32. The van der Waals surface area contributed by atoms with Crippen molar-refractivity contribution in [3.63, 3.8) is 0 Å². The summed E-state index contributed by atoms with van der Waals surface area (Å²) in [7, 11) is 0. The lowest BCUT2D eigenvalue weighted by atomic mass is 9.95. The molecule has 0 bridgehead atoms. The molecule has 1 amide bonds. The van der Waals surface area contributed by atoms with E-state index in [0.29, 0.717) is 10.9 Å². The average Bonchev–Trinajstić information content (AvgIpc) is 3.20. The van der Waals surface area contributed by atoms with E-state index in [1.54, 1.807) is 24.3 Å². The highest BCUT2D eigenvalue weighted by molar-refractivity contribution is 5.99. The molecule has 0 radical (unpaired) electrons. The summed E-state index contributed by atoms with van der Waals surface area (Å²) in [6.45, 7) is 2.08. The van der Waals surface area contributed by atoms with Crippen molar-refractivity contribution in [2.75, 3.05) is 18.8 Å². The van der Waals surface area contributed by atoms with E-state index in [9.17, 15) is 18.0 Å². The molecule has 7 nitrogen and oxygen atoms in total. The van der Waals surface area contributed by atoms with Crippen molar-refractivity contribution >= 4 is 22.6 Å². The Labute approximate surface area is 199 Å². The second kappa shape index (κ2) is 8.68. The van der Waals surface area contributed by atoms with Crippen molar-refractivity contribution in [1.29, 1.82) is 0 Å². The molecule has 180 valence electrons. The molecule has 1 fully saturated rings. The lowest BCUT2D eigenvalue weighted by Crippen LogP contribution is -2.43. The van der Waals surface area contributed by atoms with Crippen LogP contribution in [0.3, 0.4) is 0 Å². The van der Waals surface area contributed by atoms with Crippen molar-refractivity contribution in [2.24, 2.45) is 0 Å². The zero-order valence-corrected chi connectivity index (χ0v) is 19.0. The number of hydrogen-bond donors (Lipinski definition) is 1. The lowest BCUT2D eigenvalue weighted by Gasteiger charge is -2.34. The van der Waals surface area contributed by atoms with Gasteiger partial charge in [-0.1, -0.05) is 30.3 Å². The third-order valence-electron chi connectivity index (χ3n) is 6.35. The number of carbonyl (C=O) groups is 1. The molecule has 5 rings (SSSR count). The lowest BCUT2D eigenvalue weighted by molar-refractivity contribution is 0.0504. The predicted molar refractivity (Wildman–Crippen MR) is 125 cm³/mol. The summed E-state index contributed by atoms with van der Waals surface area (Å²) < 4.78 is 44.5. The number of anilines is 1. The third-order valence-corrected chi connectivity index (χ3v) is 6.35. The van der Waals surface area contributed by atoms with E-state index in [-0.39, 0.29) is 66.8 Å². The number of piperidine rings is 1. The number of para-hydroxylation sites is 1. The van der Waals surface area contributed by atoms with Crippen LogP contribution in [-0.2, 0) is 6.54 Å². The Morgan fingerprint density at radius 2 is 1.80 bits per heavy atom. The molecule has 0 atom stereocenters. The van der Waals surface area contributed by atoms with Crippen LogP contribution in [0.15, 0.2) is 48.7 Å². The average molecular weight is 480 g/mol. The van der Waals surface area contributed by atoms with E-state index < -0.39 is 17.3 Å². The fraction of sp³-hybridized carbons (Fsp3) is 0.280. The van der Waals surface area contributed by atoms with Gasteiger partial charge in [0.15, 0.2) is 5.82 Å². The molecule has 0 saturated carbocycles. The SMILES string of the molecule is CC1(F)CCN(C(=O)c2cnc(-c3nn(Cc4ccccc4F)c4c(F)cccc34)nc2N)CC1. The number of benzene rings is 2. The maximum atomic E-state index is 14.8. The van der Waals surface area contributed by atoms with Crippen LogP contribution in [0.5, 0.6) is 0 Å². The summed E-state index contributed by atoms with van der Waals surface area (Å²) in [5, 5.41) is 4.90. The van der Waals surface area contributed by atoms with Gasteiger partial charge >= 0.3 is 0 Å². The van der Waals surface area contributed by atoms with Gasteiger partial charge < -0.3 is 10.6 Å². The third kappa shape index (κ3) is 4.31. The number of carbonyl (C=O) groups excluding carboxylic acids is 1. The minimum atomic E-state index is -1.29. The minimum Gasteiger partial charge on any atom is -0.383 e. The summed E-state index contributed by atoms with van der Waals surface area (Å²) in [5.41, 5.74) is 5.71. The Morgan fingerprint density at radius 1 is 1.09 bits per heavy atom. The zero-order chi connectivity index (χ0) is 24.7. The van der Waals surface area contributed by atoms with E-state index in [1.165, 1.54) is 40.9 Å². The van der Waals surface area contributed by atoms with Gasteiger partial charge in [-0.15, -0.1) is 0 Å². The maximum Gasteiger partial charge on any atom is 0.259 e. The van der Waals surface area contributed by atoms with E-state index >= 15 is 0 Å². The number of aromatic nitrogens is 4. The van der Waals surface area contributed by atoms with Gasteiger partial charge in [0.05, 0.1) is 6.54 Å². The van der Waals surface area contributed by atoms with Crippen LogP contribution < -0.4 is 5.73 Å². The Bertz CT molecular complexity index is 1420. The van der Waals surface area contributed by atoms with Crippen molar-refractivity contribution < 1.29 is 18.0 Å². The van der Waals surface area contributed by atoms with E-state index in [0.717, 1.165) is 0 Å². The molecule has 2 N–H and O–H groups in total. The predicted octanol–water partition coefficient (Wildman–Crippen LogP) is 4.37. The molecule has 1 saturated heterocycles. The van der Waals surface area contributed by atoms with Crippen LogP contribution >= 0.6 is 0 Å². The molecule has 1 aliphatic rings. The fourth-order valence-corrected chi connectivity index (χ4v) is 4.28. The number of nitrogens with zero attached hydrogens (tertiary/aromatic N) is 5. The number of nitrogen functional groups attached to an aromatic ring is 1. The molecule has 2 aromatic heterocycles. The number of likely N-dealkylation sites (tertiary alicyclic amines) is 1. The first kappa shape index (κ1) is 22.8. The van der Waals surface area contributed by atoms with Crippen molar-refractivity contribution in [3.05, 3.63) is 71.4 Å². The Morgan fingerprint density at radius 3 is 2.51 bits per heavy atom. The number of alkyl halides is 1. The number of hydrogen-bond acceptors (Lipinski definition) is 5. The summed E-state index contributed by atoms with van der Waals surface area (Å²) in [6, 6.07) is 10.7. The number of fused-ring (bicyclic) bond motifs is 1. The highest BCUT2D eigenvalue weighted by Crippen LogP contribution is 2.30. The molecule has 35 heavy (non-hydrogen) atoms. The first-order valence-corrected chi connectivity index (χ1v) is 11.2. The Balaban J connectivity index is 1.50. The van der Waals surface area contributed by atoms with Gasteiger partial charge in [-0.3, -0.25) is 9.48 Å². The van der Waals surface area contributed by atoms with Gasteiger partial charge in [0.1, 0.15) is 39.9 Å². The molecule has 0 spiro atoms. The molecule has 4 aromatic rings. The van der Waals surface area contributed by atoms with Gasteiger partial charge in [0, 0.05) is 30.2 Å². The van der Waals surface area contributed by atoms with Crippen LogP contribution in [0.2, 0.25) is 0 Å². The molecule has 3 heterocycles. The Hall–Kier alpha value is -3.95. The van der Waals surface area contributed by atoms with Crippen molar-refractivity contribution in [1.82, 2.24) is 24.6 Å². The van der Waals surface area contributed by atoms with E-state index in [4.69, 9.17) is 5.73 Å². The molecule has 0 unspecified atom stereocenters. The van der Waals surface area contributed by atoms with E-state index in [1.807, 2.05) is 0 Å². The molecular weight excluding hydrogens is 457 g/mol. The van der Waals surface area contributed by atoms with Crippen LogP contribution in [0.4, 0.5) is 19.0 Å². The smallest absolute Gasteiger partial charge is 0.259 e. The van der Waals surface area contributed by atoms with E-state index in [2.05, 4.69) is 15.1 Å². The van der Waals surface area contributed by atoms with Gasteiger partial charge in [0.25, 0.3) is 5.91 Å². The van der Waals surface area contributed by atoms with Crippen LogP contribution in [0.1, 0.15) is 35.7 Å². The van der Waals surface area contributed by atoms with Crippen LogP contribution in [0.25, 0.3) is 22.4 Å². The monoisotopic (exact) mass is 480 g/mol. The molecule has 10 heteroatoms. The van der Waals surface area contributed by atoms with Crippen molar-refractivity contribution in [3.8, 4) is 11.5 Å². The maximum absolute atomic E-state index is 14.8. The summed E-state index contributed by atoms with van der Waals surface area (Å²) >= 11 is 0. The van der Waals surface area contributed by atoms with Crippen molar-refractivity contribution in [2.45, 2.75) is 32.0 Å². The highest BCUT2D eigenvalue weighted by atomic mass is 19.1. The first-order valence-electron chi connectivity index (χ1n) is 11.2. The first-order chi connectivity index (χ1) is 16.7. The summed E-state index contributed by atoms with van der Waals surface area (Å²) in [6.07, 6.45) is 1.80. The summed E-state index contributed by atoms with van der Waals surface area (Å²) in [4.78, 5) is 23.0. The molecular formula is C25H23F3N6O. The molecule has 0 aliphatic carbocycles. The quantitative estimate of drug-likeness (QED) is 0.469. The number of rotatable bonds is 4. The minimum absolute atomic E-state index is 0.00138. The van der Waals surface area contributed by atoms with Crippen LogP contribution in [-0.4, -0.2) is 49.3 Å². The normalized spacial score (nSPS) is 15.5. The fourth-order valence-electron chi connectivity index (χ4n) is 4.28. The second-order valence-electron chi connectivity index (χ2n) is 8.93. The largest absolute Gasteiger partial charge is 0.383 e. The topological polar surface area (TPSA) is 89.9 Å². The summed E-state index contributed by atoms with van der Waals surface area (Å²) in [5.74, 6) is -1.27. The van der Waals surface area contributed by atoms with Gasteiger partial charge in [-0.2, -0.15) is 5.10 Å². The van der Waals surface area contributed by atoms with Gasteiger partial charge in [-0.25, -0.2) is 23.1 Å². The molecule has 2 aromatic carbocycles. The second-order valence-corrected chi connectivity index (χ2v) is 8.93. The van der Waals surface area contributed by atoms with Gasteiger partial charge in [0.2, 0.25) is 0 Å².